The summed E-state index contributed by atoms with van der Waals surface area (Å²) in [4.78, 5) is 39.4. The fraction of sp³-hybridized carbons (Fsp3) is 0.348. The van der Waals surface area contributed by atoms with Crippen LogP contribution in [-0.2, 0) is 4.79 Å². The Morgan fingerprint density at radius 3 is 2.27 bits per heavy atom. The number of hydrogen-bond acceptors (Lipinski definition) is 6. The molecule has 10 heteroatoms. The quantitative estimate of drug-likeness (QED) is 0.393. The molecule has 1 fully saturated rings. The second-order valence-electron chi connectivity index (χ2n) is 8.13. The summed E-state index contributed by atoms with van der Waals surface area (Å²) in [7, 11) is 0. The van der Waals surface area contributed by atoms with Gasteiger partial charge in [0, 0.05) is 60.7 Å². The Kier molecular flexibility index (Phi) is 7.59. The van der Waals surface area contributed by atoms with Gasteiger partial charge in [0.1, 0.15) is 0 Å². The number of carbonyl (C=O) groups excluding carboxylic acids is 2. The van der Waals surface area contributed by atoms with Crippen molar-refractivity contribution in [3.63, 3.8) is 0 Å². The maximum Gasteiger partial charge on any atom is 0.273 e. The van der Waals surface area contributed by atoms with E-state index >= 15 is 0 Å². The van der Waals surface area contributed by atoms with Gasteiger partial charge in [-0.25, -0.2) is 0 Å². The lowest BCUT2D eigenvalue weighted by Gasteiger charge is -2.37. The second-order valence-corrected chi connectivity index (χ2v) is 8.54. The van der Waals surface area contributed by atoms with Crippen LogP contribution in [0.5, 0.6) is 0 Å². The van der Waals surface area contributed by atoms with Crippen LogP contribution in [0.2, 0.25) is 0 Å². The molecule has 0 bridgehead atoms. The predicted molar refractivity (Wildman–Crippen MR) is 132 cm³/mol. The number of hydrogen-bond donors (Lipinski definition) is 2. The number of thiocarbonyl (C=S) groups is 1. The van der Waals surface area contributed by atoms with Crippen LogP contribution in [0.1, 0.15) is 29.8 Å². The molecule has 1 aliphatic rings. The van der Waals surface area contributed by atoms with Gasteiger partial charge in [0.05, 0.1) is 4.92 Å². The van der Waals surface area contributed by atoms with Crippen molar-refractivity contribution in [2.45, 2.75) is 20.8 Å². The van der Waals surface area contributed by atoms with Gasteiger partial charge in [-0.1, -0.05) is 19.9 Å². The van der Waals surface area contributed by atoms with Gasteiger partial charge in [-0.2, -0.15) is 0 Å². The monoisotopic (exact) mass is 469 g/mol. The minimum absolute atomic E-state index is 0.00663. The van der Waals surface area contributed by atoms with Crippen molar-refractivity contribution in [3.8, 4) is 0 Å². The van der Waals surface area contributed by atoms with Crippen LogP contribution >= 0.6 is 12.2 Å². The molecule has 1 aliphatic heterocycles. The van der Waals surface area contributed by atoms with Gasteiger partial charge in [0.25, 0.3) is 11.6 Å². The van der Waals surface area contributed by atoms with Gasteiger partial charge < -0.3 is 15.1 Å². The van der Waals surface area contributed by atoms with E-state index < -0.39 is 10.8 Å². The van der Waals surface area contributed by atoms with E-state index in [0.717, 1.165) is 18.8 Å². The van der Waals surface area contributed by atoms with Gasteiger partial charge in [-0.05, 0) is 49.5 Å². The summed E-state index contributed by atoms with van der Waals surface area (Å²) in [5.74, 6) is -0.323. The zero-order valence-corrected chi connectivity index (χ0v) is 19.6. The number of nitrogens with zero attached hydrogens (tertiary/aromatic N) is 3. The van der Waals surface area contributed by atoms with Gasteiger partial charge in [-0.3, -0.25) is 25.0 Å². The van der Waals surface area contributed by atoms with E-state index in [1.54, 1.807) is 0 Å². The minimum Gasteiger partial charge on any atom is -0.368 e. The van der Waals surface area contributed by atoms with Crippen molar-refractivity contribution in [1.82, 2.24) is 10.2 Å². The van der Waals surface area contributed by atoms with Crippen LogP contribution < -0.4 is 15.5 Å². The molecule has 2 amide bonds. The Balaban J connectivity index is 1.56. The van der Waals surface area contributed by atoms with Crippen LogP contribution in [0.15, 0.2) is 42.5 Å². The standard InChI is InChI=1S/C23H27N5O4S/c1-15(2)22(30)27-13-11-26(12-14-27)18-9-7-17(8-10-18)24-23(33)25-21(29)19-5-4-6-20(16(19)3)28(31)32/h4-10,15H,11-14H2,1-3H3,(H2,24,25,29,33). The summed E-state index contributed by atoms with van der Waals surface area (Å²) in [5, 5.41) is 16.7. The number of carbonyl (C=O) groups is 2. The number of anilines is 2. The van der Waals surface area contributed by atoms with Gasteiger partial charge in [-0.15, -0.1) is 0 Å². The molecule has 2 aromatic carbocycles. The lowest BCUT2D eigenvalue weighted by molar-refractivity contribution is -0.385. The van der Waals surface area contributed by atoms with Gasteiger partial charge in [0.15, 0.2) is 5.11 Å². The highest BCUT2D eigenvalue weighted by molar-refractivity contribution is 7.80. The smallest absolute Gasteiger partial charge is 0.273 e. The van der Waals surface area contributed by atoms with Crippen molar-refractivity contribution >= 4 is 46.2 Å². The first kappa shape index (κ1) is 24.1. The fourth-order valence-electron chi connectivity index (χ4n) is 3.71. The molecule has 174 valence electrons. The molecule has 0 unspecified atom stereocenters. The van der Waals surface area contributed by atoms with Crippen molar-refractivity contribution in [1.29, 1.82) is 0 Å². The van der Waals surface area contributed by atoms with E-state index in [2.05, 4.69) is 15.5 Å². The Morgan fingerprint density at radius 2 is 1.70 bits per heavy atom. The number of nitrogens with one attached hydrogen (secondary N) is 2. The van der Waals surface area contributed by atoms with E-state index in [1.807, 2.05) is 43.0 Å². The number of rotatable bonds is 5. The maximum atomic E-state index is 12.5. The molecule has 33 heavy (non-hydrogen) atoms. The highest BCUT2D eigenvalue weighted by Crippen LogP contribution is 2.22. The first-order valence-corrected chi connectivity index (χ1v) is 11.1. The van der Waals surface area contributed by atoms with Gasteiger partial charge >= 0.3 is 0 Å². The van der Waals surface area contributed by atoms with Crippen LogP contribution in [-0.4, -0.2) is 52.9 Å². The minimum atomic E-state index is -0.522. The van der Waals surface area contributed by atoms with Crippen molar-refractivity contribution in [2.75, 3.05) is 36.4 Å². The van der Waals surface area contributed by atoms with Crippen LogP contribution in [0, 0.1) is 23.0 Å². The molecule has 0 atom stereocenters. The summed E-state index contributed by atoms with van der Waals surface area (Å²) in [6, 6.07) is 12.0. The predicted octanol–water partition coefficient (Wildman–Crippen LogP) is 3.33. The Morgan fingerprint density at radius 1 is 1.06 bits per heavy atom. The van der Waals surface area contributed by atoms with Gasteiger partial charge in [0.2, 0.25) is 5.91 Å². The molecular formula is C23H27N5O4S. The zero-order valence-electron chi connectivity index (χ0n) is 18.8. The molecule has 0 spiro atoms. The van der Waals surface area contributed by atoms with Crippen molar-refractivity contribution in [2.24, 2.45) is 5.92 Å². The van der Waals surface area contributed by atoms with Crippen molar-refractivity contribution < 1.29 is 14.5 Å². The highest BCUT2D eigenvalue weighted by atomic mass is 32.1. The maximum absolute atomic E-state index is 12.5. The molecular weight excluding hydrogens is 442 g/mol. The van der Waals surface area contributed by atoms with Crippen LogP contribution in [0.25, 0.3) is 0 Å². The summed E-state index contributed by atoms with van der Waals surface area (Å²) in [5.41, 5.74) is 2.10. The molecule has 3 rings (SSSR count). The molecule has 0 radical (unpaired) electrons. The average molecular weight is 470 g/mol. The zero-order chi connectivity index (χ0) is 24.1. The van der Waals surface area contributed by atoms with Crippen LogP contribution in [0.3, 0.4) is 0 Å². The van der Waals surface area contributed by atoms with E-state index in [0.29, 0.717) is 18.8 Å². The van der Waals surface area contributed by atoms with Crippen LogP contribution in [0.4, 0.5) is 17.1 Å². The third kappa shape index (κ3) is 5.83. The third-order valence-corrected chi connectivity index (χ3v) is 5.75. The topological polar surface area (TPSA) is 108 Å². The van der Waals surface area contributed by atoms with Crippen molar-refractivity contribution in [3.05, 3.63) is 63.7 Å². The molecule has 1 saturated heterocycles. The van der Waals surface area contributed by atoms with E-state index in [9.17, 15) is 19.7 Å². The lowest BCUT2D eigenvalue weighted by Crippen LogP contribution is -2.49. The highest BCUT2D eigenvalue weighted by Gasteiger charge is 2.23. The molecule has 0 aliphatic carbocycles. The molecule has 2 N–H and O–H groups in total. The largest absolute Gasteiger partial charge is 0.368 e. The Hall–Kier alpha value is -3.53. The fourth-order valence-corrected chi connectivity index (χ4v) is 3.92. The first-order valence-electron chi connectivity index (χ1n) is 10.7. The number of amides is 2. The SMILES string of the molecule is Cc1c(C(=O)NC(=S)Nc2ccc(N3CCN(C(=O)C(C)C)CC3)cc2)cccc1[N+](=O)[O-]. The number of nitro benzene ring substituents is 1. The average Bonchev–Trinajstić information content (AvgIpc) is 2.79. The summed E-state index contributed by atoms with van der Waals surface area (Å²) >= 11 is 5.23. The Bertz CT molecular complexity index is 1060. The molecule has 1 heterocycles. The lowest BCUT2D eigenvalue weighted by atomic mass is 10.1. The number of nitro groups is 1. The molecule has 0 saturated carbocycles. The summed E-state index contributed by atoms with van der Waals surface area (Å²) in [6.45, 7) is 8.29. The van der Waals surface area contributed by atoms with E-state index in [1.165, 1.54) is 25.1 Å². The summed E-state index contributed by atoms with van der Waals surface area (Å²) < 4.78 is 0. The number of piperazine rings is 1. The first-order chi connectivity index (χ1) is 15.7. The normalized spacial score (nSPS) is 13.6. The second kappa shape index (κ2) is 10.4. The number of benzene rings is 2. The summed E-state index contributed by atoms with van der Waals surface area (Å²) in [6.07, 6.45) is 0. The Labute approximate surface area is 197 Å². The van der Waals surface area contributed by atoms with E-state index in [4.69, 9.17) is 12.2 Å². The van der Waals surface area contributed by atoms with E-state index in [-0.39, 0.29) is 33.8 Å². The molecule has 9 nitrogen and oxygen atoms in total. The third-order valence-electron chi connectivity index (χ3n) is 5.55. The molecule has 0 aromatic heterocycles. The molecule has 2 aromatic rings.